The smallest absolute Gasteiger partial charge is 0.417 e. The molecule has 0 spiro atoms. The first-order valence-corrected chi connectivity index (χ1v) is 7.90. The summed E-state index contributed by atoms with van der Waals surface area (Å²) in [6.07, 6.45) is 2.17. The van der Waals surface area contributed by atoms with Crippen molar-refractivity contribution in [3.05, 3.63) is 35.1 Å². The van der Waals surface area contributed by atoms with Crippen LogP contribution < -0.4 is 0 Å². The normalized spacial score (nSPS) is 11.5. The minimum atomic E-state index is -4.80. The Labute approximate surface area is 133 Å². The summed E-state index contributed by atoms with van der Waals surface area (Å²) in [4.78, 5) is 11.7. The molecule has 0 aliphatic rings. The summed E-state index contributed by atoms with van der Waals surface area (Å²) < 4.78 is 56.8. The molecule has 0 saturated heterocycles. The van der Waals surface area contributed by atoms with Gasteiger partial charge < -0.3 is 4.74 Å². The van der Waals surface area contributed by atoms with Gasteiger partial charge in [0.05, 0.1) is 12.2 Å². The Morgan fingerprint density at radius 1 is 1.04 bits per heavy atom. The summed E-state index contributed by atoms with van der Waals surface area (Å²) in [7, 11) is 0. The van der Waals surface area contributed by atoms with Gasteiger partial charge in [-0.25, -0.2) is 9.18 Å². The Balaban J connectivity index is 2.47. The van der Waals surface area contributed by atoms with Crippen molar-refractivity contribution in [2.45, 2.75) is 58.0 Å². The first-order chi connectivity index (χ1) is 10.9. The van der Waals surface area contributed by atoms with E-state index in [1.807, 2.05) is 0 Å². The van der Waals surface area contributed by atoms with E-state index in [2.05, 4.69) is 6.92 Å². The molecule has 6 heteroatoms. The molecule has 130 valence electrons. The average molecular weight is 334 g/mol. The van der Waals surface area contributed by atoms with Gasteiger partial charge in [0.25, 0.3) is 0 Å². The molecule has 0 aliphatic heterocycles. The molecule has 0 unspecified atom stereocenters. The van der Waals surface area contributed by atoms with Gasteiger partial charge in [0.1, 0.15) is 11.4 Å². The lowest BCUT2D eigenvalue weighted by Gasteiger charge is -2.13. The fourth-order valence-corrected chi connectivity index (χ4v) is 2.26. The van der Waals surface area contributed by atoms with E-state index < -0.39 is 29.1 Å². The Morgan fingerprint density at radius 3 is 2.26 bits per heavy atom. The number of carbonyl (C=O) groups is 1. The summed E-state index contributed by atoms with van der Waals surface area (Å²) in [6.45, 7) is 2.12. The van der Waals surface area contributed by atoms with Gasteiger partial charge in [0.2, 0.25) is 0 Å². The van der Waals surface area contributed by atoms with Crippen LogP contribution in [0.15, 0.2) is 18.2 Å². The highest BCUT2D eigenvalue weighted by molar-refractivity contribution is 5.91. The SMILES string of the molecule is CCCCCCCCCOC(=O)c1c(F)cccc1C(F)(F)F. The molecule has 0 saturated carbocycles. The predicted octanol–water partition coefficient (Wildman–Crippen LogP) is 5.75. The molecular weight excluding hydrogens is 312 g/mol. The maximum atomic E-state index is 13.6. The lowest BCUT2D eigenvalue weighted by Crippen LogP contribution is -2.17. The first kappa shape index (κ1) is 19.5. The molecule has 0 amide bonds. The van der Waals surface area contributed by atoms with Crippen molar-refractivity contribution in [3.8, 4) is 0 Å². The number of alkyl halides is 3. The number of carbonyl (C=O) groups excluding carboxylic acids is 1. The maximum absolute atomic E-state index is 13.6. The van der Waals surface area contributed by atoms with Crippen molar-refractivity contribution in [1.29, 1.82) is 0 Å². The van der Waals surface area contributed by atoms with E-state index in [9.17, 15) is 22.4 Å². The van der Waals surface area contributed by atoms with E-state index in [0.29, 0.717) is 12.5 Å². The molecule has 1 rings (SSSR count). The van der Waals surface area contributed by atoms with Crippen LogP contribution in [0, 0.1) is 5.82 Å². The molecule has 0 aromatic heterocycles. The standard InChI is InChI=1S/C17H22F4O2/c1-2-3-4-5-6-7-8-12-23-16(22)15-13(17(19,20)21)10-9-11-14(15)18/h9-11H,2-8,12H2,1H3. The van der Waals surface area contributed by atoms with Crippen molar-refractivity contribution in [3.63, 3.8) is 0 Å². The highest BCUT2D eigenvalue weighted by atomic mass is 19.4. The maximum Gasteiger partial charge on any atom is 0.417 e. The van der Waals surface area contributed by atoms with E-state index in [1.165, 1.54) is 6.42 Å². The third kappa shape index (κ3) is 6.59. The van der Waals surface area contributed by atoms with Crippen molar-refractivity contribution in [2.24, 2.45) is 0 Å². The number of rotatable bonds is 9. The summed E-state index contributed by atoms with van der Waals surface area (Å²) in [5.74, 6) is -2.48. The van der Waals surface area contributed by atoms with E-state index in [0.717, 1.165) is 44.2 Å². The van der Waals surface area contributed by atoms with Crippen LogP contribution >= 0.6 is 0 Å². The van der Waals surface area contributed by atoms with E-state index >= 15 is 0 Å². The summed E-state index contributed by atoms with van der Waals surface area (Å²) in [5, 5.41) is 0. The van der Waals surface area contributed by atoms with Gasteiger partial charge in [0.15, 0.2) is 0 Å². The van der Waals surface area contributed by atoms with E-state index in [-0.39, 0.29) is 6.61 Å². The number of benzene rings is 1. The second-order valence-electron chi connectivity index (χ2n) is 5.42. The second-order valence-corrected chi connectivity index (χ2v) is 5.42. The molecule has 2 nitrogen and oxygen atoms in total. The lowest BCUT2D eigenvalue weighted by molar-refractivity contribution is -0.138. The summed E-state index contributed by atoms with van der Waals surface area (Å²) in [6, 6.07) is 2.41. The third-order valence-corrected chi connectivity index (χ3v) is 3.50. The Hall–Kier alpha value is -1.59. The number of unbranched alkanes of at least 4 members (excludes halogenated alkanes) is 6. The summed E-state index contributed by atoms with van der Waals surface area (Å²) >= 11 is 0. The molecule has 0 bridgehead atoms. The molecule has 0 radical (unpaired) electrons. The van der Waals surface area contributed by atoms with Crippen LogP contribution in [0.5, 0.6) is 0 Å². The molecule has 0 fully saturated rings. The van der Waals surface area contributed by atoms with Crippen LogP contribution in [0.2, 0.25) is 0 Å². The van der Waals surface area contributed by atoms with Crippen LogP contribution in [0.3, 0.4) is 0 Å². The topological polar surface area (TPSA) is 26.3 Å². The molecule has 0 heterocycles. The highest BCUT2D eigenvalue weighted by Crippen LogP contribution is 2.33. The van der Waals surface area contributed by atoms with Crippen molar-refractivity contribution in [2.75, 3.05) is 6.61 Å². The van der Waals surface area contributed by atoms with Crippen LogP contribution in [0.1, 0.15) is 67.8 Å². The molecule has 1 aromatic rings. The number of halogens is 4. The second kappa shape index (κ2) is 9.53. The van der Waals surface area contributed by atoms with Crippen LogP contribution in [0.4, 0.5) is 17.6 Å². The van der Waals surface area contributed by atoms with Gasteiger partial charge in [0, 0.05) is 0 Å². The van der Waals surface area contributed by atoms with Crippen LogP contribution in [-0.4, -0.2) is 12.6 Å². The monoisotopic (exact) mass is 334 g/mol. The lowest BCUT2D eigenvalue weighted by atomic mass is 10.1. The van der Waals surface area contributed by atoms with Gasteiger partial charge in [-0.2, -0.15) is 13.2 Å². The molecule has 0 aliphatic carbocycles. The third-order valence-electron chi connectivity index (χ3n) is 3.50. The van der Waals surface area contributed by atoms with Gasteiger partial charge in [-0.3, -0.25) is 0 Å². The van der Waals surface area contributed by atoms with Crippen molar-refractivity contribution in [1.82, 2.24) is 0 Å². The van der Waals surface area contributed by atoms with Crippen LogP contribution in [0.25, 0.3) is 0 Å². The zero-order valence-corrected chi connectivity index (χ0v) is 13.2. The highest BCUT2D eigenvalue weighted by Gasteiger charge is 2.37. The van der Waals surface area contributed by atoms with Crippen molar-refractivity contribution >= 4 is 5.97 Å². The summed E-state index contributed by atoms with van der Waals surface area (Å²) in [5.41, 5.74) is -2.34. The molecule has 1 aromatic carbocycles. The largest absolute Gasteiger partial charge is 0.462 e. The molecular formula is C17H22F4O2. The molecule has 0 atom stereocenters. The number of esters is 1. The van der Waals surface area contributed by atoms with Gasteiger partial charge >= 0.3 is 12.1 Å². The average Bonchev–Trinajstić information content (AvgIpc) is 2.48. The number of hydrogen-bond acceptors (Lipinski definition) is 2. The zero-order valence-electron chi connectivity index (χ0n) is 13.2. The minimum absolute atomic E-state index is 0.00174. The Morgan fingerprint density at radius 2 is 1.65 bits per heavy atom. The Kier molecular flexibility index (Phi) is 8.06. The molecule has 0 N–H and O–H groups in total. The van der Waals surface area contributed by atoms with Gasteiger partial charge in [-0.1, -0.05) is 51.5 Å². The van der Waals surface area contributed by atoms with Crippen molar-refractivity contribution < 1.29 is 27.1 Å². The predicted molar refractivity (Wildman–Crippen MR) is 79.7 cm³/mol. The zero-order chi connectivity index (χ0) is 17.3. The van der Waals surface area contributed by atoms with Gasteiger partial charge in [-0.05, 0) is 18.6 Å². The van der Waals surface area contributed by atoms with E-state index in [4.69, 9.17) is 4.74 Å². The fraction of sp³-hybridized carbons (Fsp3) is 0.588. The molecule has 23 heavy (non-hydrogen) atoms. The van der Waals surface area contributed by atoms with Gasteiger partial charge in [-0.15, -0.1) is 0 Å². The van der Waals surface area contributed by atoms with Crippen LogP contribution in [-0.2, 0) is 10.9 Å². The quantitative estimate of drug-likeness (QED) is 0.326. The fourth-order valence-electron chi connectivity index (χ4n) is 2.26. The van der Waals surface area contributed by atoms with E-state index in [1.54, 1.807) is 0 Å². The Bertz CT molecular complexity index is 498. The number of hydrogen-bond donors (Lipinski definition) is 0. The first-order valence-electron chi connectivity index (χ1n) is 7.90. The number of ether oxygens (including phenoxy) is 1. The minimum Gasteiger partial charge on any atom is -0.462 e.